The summed E-state index contributed by atoms with van der Waals surface area (Å²) in [5.41, 5.74) is 2.01. The normalized spacial score (nSPS) is 12.5. The topological polar surface area (TPSA) is 68.3 Å². The lowest BCUT2D eigenvalue weighted by Gasteiger charge is -2.11. The lowest BCUT2D eigenvalue weighted by atomic mass is 10.1. The van der Waals surface area contributed by atoms with Crippen LogP contribution in [0.1, 0.15) is 47.5 Å². The van der Waals surface area contributed by atoms with Crippen molar-refractivity contribution in [3.63, 3.8) is 0 Å². The molecule has 3 aromatic rings. The van der Waals surface area contributed by atoms with E-state index in [4.69, 9.17) is 8.94 Å². The van der Waals surface area contributed by atoms with E-state index in [9.17, 15) is 4.79 Å². The molecule has 5 nitrogen and oxygen atoms in total. The Morgan fingerprint density at radius 1 is 1.36 bits per heavy atom. The third-order valence-corrected chi connectivity index (χ3v) is 3.71. The van der Waals surface area contributed by atoms with Crippen molar-refractivity contribution < 1.29 is 13.7 Å². The Morgan fingerprint density at radius 2 is 2.14 bits per heavy atom. The van der Waals surface area contributed by atoms with E-state index in [1.54, 1.807) is 6.92 Å². The number of aryl methyl sites for hydroxylation is 2. The van der Waals surface area contributed by atoms with Crippen LogP contribution >= 0.6 is 0 Å². The maximum atomic E-state index is 12.5. The Bertz CT molecular complexity index is 783. The van der Waals surface area contributed by atoms with Crippen LogP contribution in [0.3, 0.4) is 0 Å². The highest BCUT2D eigenvalue weighted by atomic mass is 16.5. The number of rotatable bonds is 4. The lowest BCUT2D eigenvalue weighted by Crippen LogP contribution is -2.27. The summed E-state index contributed by atoms with van der Waals surface area (Å²) >= 11 is 0. The number of aromatic nitrogens is 1. The maximum Gasteiger partial charge on any atom is 0.257 e. The van der Waals surface area contributed by atoms with Crippen LogP contribution in [0.15, 0.2) is 39.3 Å². The fourth-order valence-corrected chi connectivity index (χ4v) is 2.51. The molecule has 22 heavy (non-hydrogen) atoms. The second kappa shape index (κ2) is 5.67. The number of furan rings is 1. The van der Waals surface area contributed by atoms with Gasteiger partial charge in [-0.05, 0) is 32.4 Å². The van der Waals surface area contributed by atoms with Gasteiger partial charge in [0.15, 0.2) is 0 Å². The molecule has 2 heterocycles. The lowest BCUT2D eigenvalue weighted by molar-refractivity contribution is 0.0933. The summed E-state index contributed by atoms with van der Waals surface area (Å²) in [6.45, 7) is 5.58. The number of carbonyl (C=O) groups excluding carboxylic acids is 1. The average Bonchev–Trinajstić information content (AvgIpc) is 3.10. The molecule has 5 heteroatoms. The Hall–Kier alpha value is -2.56. The highest BCUT2D eigenvalue weighted by Gasteiger charge is 2.22. The SMILES string of the molecule is CCc1noc(C)c1C(=O)N[C@H](C)c1cc2ccccc2o1. The van der Waals surface area contributed by atoms with E-state index in [0.29, 0.717) is 23.4 Å². The fraction of sp³-hybridized carbons (Fsp3) is 0.294. The summed E-state index contributed by atoms with van der Waals surface area (Å²) in [5, 5.41) is 7.88. The number of fused-ring (bicyclic) bond motifs is 1. The molecule has 2 aromatic heterocycles. The zero-order chi connectivity index (χ0) is 15.7. The summed E-state index contributed by atoms with van der Waals surface area (Å²) in [6, 6.07) is 9.48. The minimum atomic E-state index is -0.237. The number of para-hydroxylation sites is 1. The van der Waals surface area contributed by atoms with Crippen LogP contribution in [0.25, 0.3) is 11.0 Å². The van der Waals surface area contributed by atoms with E-state index in [0.717, 1.165) is 16.7 Å². The number of nitrogens with zero attached hydrogens (tertiary/aromatic N) is 1. The third-order valence-electron chi connectivity index (χ3n) is 3.71. The summed E-state index contributed by atoms with van der Waals surface area (Å²) < 4.78 is 10.9. The Labute approximate surface area is 128 Å². The van der Waals surface area contributed by atoms with E-state index in [1.807, 2.05) is 44.2 Å². The van der Waals surface area contributed by atoms with Gasteiger partial charge in [0.05, 0.1) is 11.7 Å². The molecule has 0 fully saturated rings. The number of hydrogen-bond donors (Lipinski definition) is 1. The van der Waals surface area contributed by atoms with Crippen molar-refractivity contribution >= 4 is 16.9 Å². The van der Waals surface area contributed by atoms with E-state index >= 15 is 0 Å². The van der Waals surface area contributed by atoms with Gasteiger partial charge in [0.1, 0.15) is 22.7 Å². The number of carbonyl (C=O) groups is 1. The molecule has 0 unspecified atom stereocenters. The highest BCUT2D eigenvalue weighted by Crippen LogP contribution is 2.24. The molecule has 1 atom stereocenters. The van der Waals surface area contributed by atoms with Crippen molar-refractivity contribution in [2.75, 3.05) is 0 Å². The van der Waals surface area contributed by atoms with Crippen molar-refractivity contribution in [2.45, 2.75) is 33.2 Å². The standard InChI is InChI=1S/C17H18N2O3/c1-4-13-16(11(3)22-19-13)17(20)18-10(2)15-9-12-7-5-6-8-14(12)21-15/h5-10H,4H2,1-3H3,(H,18,20)/t10-/m1/s1. The molecular formula is C17H18N2O3. The number of benzene rings is 1. The number of hydrogen-bond acceptors (Lipinski definition) is 4. The van der Waals surface area contributed by atoms with Crippen molar-refractivity contribution in [1.29, 1.82) is 0 Å². The van der Waals surface area contributed by atoms with Crippen LogP contribution in [0.5, 0.6) is 0 Å². The molecular weight excluding hydrogens is 280 g/mol. The molecule has 0 aliphatic rings. The van der Waals surface area contributed by atoms with E-state index in [-0.39, 0.29) is 11.9 Å². The second-order valence-electron chi connectivity index (χ2n) is 5.30. The van der Waals surface area contributed by atoms with Gasteiger partial charge in [-0.3, -0.25) is 4.79 Å². The summed E-state index contributed by atoms with van der Waals surface area (Å²) in [6.07, 6.45) is 0.652. The monoisotopic (exact) mass is 298 g/mol. The summed E-state index contributed by atoms with van der Waals surface area (Å²) in [5.74, 6) is 1.07. The molecule has 0 aliphatic heterocycles. The Balaban J connectivity index is 1.82. The maximum absolute atomic E-state index is 12.5. The quantitative estimate of drug-likeness (QED) is 0.795. The molecule has 1 N–H and O–H groups in total. The smallest absolute Gasteiger partial charge is 0.257 e. The van der Waals surface area contributed by atoms with Gasteiger partial charge in [-0.15, -0.1) is 0 Å². The second-order valence-corrected chi connectivity index (χ2v) is 5.30. The van der Waals surface area contributed by atoms with Crippen LogP contribution in [0, 0.1) is 6.92 Å². The van der Waals surface area contributed by atoms with Gasteiger partial charge < -0.3 is 14.3 Å². The summed E-state index contributed by atoms with van der Waals surface area (Å²) in [7, 11) is 0. The minimum absolute atomic E-state index is 0.191. The van der Waals surface area contributed by atoms with Gasteiger partial charge in [0.2, 0.25) is 0 Å². The van der Waals surface area contributed by atoms with Crippen LogP contribution in [-0.4, -0.2) is 11.1 Å². The van der Waals surface area contributed by atoms with E-state index in [1.165, 1.54) is 0 Å². The van der Waals surface area contributed by atoms with Crippen LogP contribution in [0.2, 0.25) is 0 Å². The van der Waals surface area contributed by atoms with Crippen molar-refractivity contribution in [3.05, 3.63) is 53.1 Å². The first-order valence-corrected chi connectivity index (χ1v) is 7.34. The van der Waals surface area contributed by atoms with Crippen molar-refractivity contribution in [3.8, 4) is 0 Å². The van der Waals surface area contributed by atoms with Gasteiger partial charge >= 0.3 is 0 Å². The minimum Gasteiger partial charge on any atom is -0.459 e. The number of nitrogens with one attached hydrogen (secondary N) is 1. The highest BCUT2D eigenvalue weighted by molar-refractivity contribution is 5.96. The van der Waals surface area contributed by atoms with Crippen molar-refractivity contribution in [2.24, 2.45) is 0 Å². The third kappa shape index (κ3) is 2.50. The first kappa shape index (κ1) is 14.4. The van der Waals surface area contributed by atoms with Gasteiger partial charge in [-0.1, -0.05) is 30.3 Å². The zero-order valence-electron chi connectivity index (χ0n) is 12.8. The van der Waals surface area contributed by atoms with Crippen LogP contribution in [0.4, 0.5) is 0 Å². The predicted octanol–water partition coefficient (Wildman–Crippen LogP) is 3.78. The molecule has 0 aliphatic carbocycles. The molecule has 0 saturated carbocycles. The largest absolute Gasteiger partial charge is 0.459 e. The molecule has 0 bridgehead atoms. The molecule has 1 amide bonds. The Kier molecular flexibility index (Phi) is 3.71. The van der Waals surface area contributed by atoms with E-state index < -0.39 is 0 Å². The van der Waals surface area contributed by atoms with Crippen LogP contribution in [-0.2, 0) is 6.42 Å². The molecule has 0 radical (unpaired) electrons. The van der Waals surface area contributed by atoms with Crippen molar-refractivity contribution in [1.82, 2.24) is 10.5 Å². The first-order chi connectivity index (χ1) is 10.6. The molecule has 0 saturated heterocycles. The fourth-order valence-electron chi connectivity index (χ4n) is 2.51. The average molecular weight is 298 g/mol. The molecule has 1 aromatic carbocycles. The van der Waals surface area contributed by atoms with Crippen LogP contribution < -0.4 is 5.32 Å². The first-order valence-electron chi connectivity index (χ1n) is 7.34. The van der Waals surface area contributed by atoms with Gasteiger partial charge in [0.25, 0.3) is 5.91 Å². The molecule has 3 rings (SSSR count). The van der Waals surface area contributed by atoms with Gasteiger partial charge in [0, 0.05) is 5.39 Å². The Morgan fingerprint density at radius 3 is 2.86 bits per heavy atom. The number of amides is 1. The van der Waals surface area contributed by atoms with E-state index in [2.05, 4.69) is 10.5 Å². The van der Waals surface area contributed by atoms with Gasteiger partial charge in [-0.25, -0.2) is 0 Å². The molecule has 0 spiro atoms. The molecule has 114 valence electrons. The summed E-state index contributed by atoms with van der Waals surface area (Å²) in [4.78, 5) is 12.5. The zero-order valence-corrected chi connectivity index (χ0v) is 12.8. The predicted molar refractivity (Wildman–Crippen MR) is 82.7 cm³/mol. The van der Waals surface area contributed by atoms with Gasteiger partial charge in [-0.2, -0.15) is 0 Å².